The third kappa shape index (κ3) is 4.08. The molecule has 1 spiro atoms. The Morgan fingerprint density at radius 2 is 1.97 bits per heavy atom. The van der Waals surface area contributed by atoms with Crippen molar-refractivity contribution < 1.29 is 28.5 Å². The van der Waals surface area contributed by atoms with Crippen LogP contribution in [-0.2, 0) is 24.5 Å². The number of rotatable bonds is 9. The van der Waals surface area contributed by atoms with Crippen LogP contribution in [-0.4, -0.2) is 49.8 Å². The van der Waals surface area contributed by atoms with Crippen LogP contribution in [0.4, 0.5) is 0 Å². The Hall–Kier alpha value is -2.96. The van der Waals surface area contributed by atoms with Gasteiger partial charge < -0.3 is 23.8 Å². The highest BCUT2D eigenvalue weighted by Crippen LogP contribution is 2.54. The number of methoxy groups -OCH3 is 1. The highest BCUT2D eigenvalue weighted by atomic mass is 16.6. The Kier molecular flexibility index (Phi) is 6.44. The van der Waals surface area contributed by atoms with Crippen molar-refractivity contribution in [2.45, 2.75) is 51.0 Å². The van der Waals surface area contributed by atoms with Crippen molar-refractivity contribution in [2.75, 3.05) is 26.9 Å². The van der Waals surface area contributed by atoms with Gasteiger partial charge in [0.05, 0.1) is 25.7 Å². The maximum Gasteiger partial charge on any atom is 0.348 e. The van der Waals surface area contributed by atoms with Crippen molar-refractivity contribution >= 4 is 11.9 Å². The number of nitrogens with zero attached hydrogens (tertiary/aromatic N) is 1. The quantitative estimate of drug-likeness (QED) is 0.541. The molecule has 2 unspecified atom stereocenters. The number of benzene rings is 1. The summed E-state index contributed by atoms with van der Waals surface area (Å²) in [5, 5.41) is 0. The molecule has 1 aromatic carbocycles. The van der Waals surface area contributed by atoms with Crippen molar-refractivity contribution in [3.8, 4) is 11.5 Å². The van der Waals surface area contributed by atoms with Gasteiger partial charge in [-0.15, -0.1) is 0 Å². The van der Waals surface area contributed by atoms with E-state index in [1.54, 1.807) is 21.0 Å². The van der Waals surface area contributed by atoms with Gasteiger partial charge in [-0.1, -0.05) is 12.1 Å². The first kappa shape index (κ1) is 22.2. The fraction of sp³-hybridized carbons (Fsp3) is 0.520. The van der Waals surface area contributed by atoms with Crippen LogP contribution in [0.2, 0.25) is 0 Å². The Labute approximate surface area is 189 Å². The molecule has 7 heteroatoms. The maximum atomic E-state index is 13.1. The van der Waals surface area contributed by atoms with Crippen LogP contribution in [0.5, 0.6) is 11.5 Å². The number of para-hydroxylation sites is 1. The first-order valence-corrected chi connectivity index (χ1v) is 11.4. The van der Waals surface area contributed by atoms with Crippen molar-refractivity contribution in [1.29, 1.82) is 0 Å². The summed E-state index contributed by atoms with van der Waals surface area (Å²) in [6.45, 7) is 5.08. The molecule has 3 aliphatic rings. The van der Waals surface area contributed by atoms with Crippen LogP contribution < -0.4 is 9.47 Å². The van der Waals surface area contributed by atoms with E-state index in [1.165, 1.54) is 12.8 Å². The largest absolute Gasteiger partial charge is 0.493 e. The van der Waals surface area contributed by atoms with Crippen molar-refractivity contribution in [1.82, 2.24) is 4.90 Å². The van der Waals surface area contributed by atoms with Crippen LogP contribution in [0.15, 0.2) is 42.2 Å². The summed E-state index contributed by atoms with van der Waals surface area (Å²) in [5.74, 6) is 1.09. The maximum absolute atomic E-state index is 13.1. The number of hydrogen-bond donors (Lipinski definition) is 0. The molecule has 0 saturated heterocycles. The second-order valence-corrected chi connectivity index (χ2v) is 8.37. The molecule has 0 N–H and O–H groups in total. The minimum absolute atomic E-state index is 0.224. The van der Waals surface area contributed by atoms with Crippen LogP contribution >= 0.6 is 0 Å². The predicted octanol–water partition coefficient (Wildman–Crippen LogP) is 3.72. The van der Waals surface area contributed by atoms with E-state index in [2.05, 4.69) is 11.1 Å². The molecule has 0 amide bonds. The number of ether oxygens (including phenoxy) is 4. The lowest BCUT2D eigenvalue weighted by Gasteiger charge is -2.37. The SMILES string of the molecule is CCOC(=O)CCC1=CN(CC2CC2)C=CC12c1cccc(OC)c1OC2C(=O)OCC. The van der Waals surface area contributed by atoms with E-state index in [1.807, 2.05) is 30.5 Å². The molecule has 2 heterocycles. The second-order valence-electron chi connectivity index (χ2n) is 8.37. The summed E-state index contributed by atoms with van der Waals surface area (Å²) in [6, 6.07) is 5.66. The first-order valence-electron chi connectivity index (χ1n) is 11.4. The van der Waals surface area contributed by atoms with Crippen molar-refractivity contribution in [2.24, 2.45) is 5.92 Å². The molecular formula is C25H31NO6. The summed E-state index contributed by atoms with van der Waals surface area (Å²) >= 11 is 0. The molecule has 32 heavy (non-hydrogen) atoms. The fourth-order valence-electron chi connectivity index (χ4n) is 4.57. The average molecular weight is 442 g/mol. The molecule has 0 aromatic heterocycles. The van der Waals surface area contributed by atoms with Crippen molar-refractivity contribution in [3.05, 3.63) is 47.8 Å². The van der Waals surface area contributed by atoms with E-state index in [0.717, 1.165) is 17.7 Å². The minimum atomic E-state index is -0.901. The van der Waals surface area contributed by atoms with Crippen LogP contribution in [0.1, 0.15) is 45.1 Å². The lowest BCUT2D eigenvalue weighted by atomic mass is 9.69. The minimum Gasteiger partial charge on any atom is -0.493 e. The van der Waals surface area contributed by atoms with Crippen LogP contribution in [0.25, 0.3) is 0 Å². The molecular weight excluding hydrogens is 410 g/mol. The number of esters is 2. The summed E-state index contributed by atoms with van der Waals surface area (Å²) in [4.78, 5) is 27.4. The zero-order valence-corrected chi connectivity index (χ0v) is 19.0. The first-order chi connectivity index (χ1) is 15.5. The lowest BCUT2D eigenvalue weighted by Crippen LogP contribution is -2.47. The smallest absolute Gasteiger partial charge is 0.348 e. The standard InChI is InChI=1S/C25H31NO6/c1-4-30-21(27)12-11-18-16-26(15-17-9-10-17)14-13-25(18)19-7-6-8-20(29-3)22(19)32-23(25)24(28)31-5-2/h6-8,13-14,16-17,23H,4-5,9-12,15H2,1-3H3. The molecule has 172 valence electrons. The topological polar surface area (TPSA) is 74.3 Å². The van der Waals surface area contributed by atoms with E-state index >= 15 is 0 Å². The fourth-order valence-corrected chi connectivity index (χ4v) is 4.57. The molecule has 0 bridgehead atoms. The van der Waals surface area contributed by atoms with Gasteiger partial charge in [-0.2, -0.15) is 0 Å². The molecule has 2 aliphatic heterocycles. The van der Waals surface area contributed by atoms with E-state index in [0.29, 0.717) is 30.4 Å². The van der Waals surface area contributed by atoms with Gasteiger partial charge in [-0.3, -0.25) is 4.79 Å². The Morgan fingerprint density at radius 1 is 1.19 bits per heavy atom. The summed E-state index contributed by atoms with van der Waals surface area (Å²) in [6.07, 6.45) is 8.36. The average Bonchev–Trinajstić information content (AvgIpc) is 3.54. The predicted molar refractivity (Wildman–Crippen MR) is 118 cm³/mol. The normalized spacial score (nSPS) is 23.4. The van der Waals surface area contributed by atoms with E-state index in [4.69, 9.17) is 18.9 Å². The Balaban J connectivity index is 1.77. The van der Waals surface area contributed by atoms with E-state index in [9.17, 15) is 9.59 Å². The molecule has 1 aromatic rings. The van der Waals surface area contributed by atoms with Gasteiger partial charge in [-0.05, 0) is 56.7 Å². The third-order valence-electron chi connectivity index (χ3n) is 6.25. The summed E-state index contributed by atoms with van der Waals surface area (Å²) in [5.41, 5.74) is 0.897. The monoisotopic (exact) mass is 441 g/mol. The molecule has 1 fully saturated rings. The number of hydrogen-bond acceptors (Lipinski definition) is 7. The van der Waals surface area contributed by atoms with Gasteiger partial charge in [-0.25, -0.2) is 4.79 Å². The molecule has 1 aliphatic carbocycles. The third-order valence-corrected chi connectivity index (χ3v) is 6.25. The van der Waals surface area contributed by atoms with Gasteiger partial charge in [0.25, 0.3) is 0 Å². The number of carbonyl (C=O) groups is 2. The zero-order chi connectivity index (χ0) is 22.7. The van der Waals surface area contributed by atoms with Gasteiger partial charge >= 0.3 is 11.9 Å². The lowest BCUT2D eigenvalue weighted by molar-refractivity contribution is -0.152. The van der Waals surface area contributed by atoms with Gasteiger partial charge in [0.15, 0.2) is 11.5 Å². The van der Waals surface area contributed by atoms with Gasteiger partial charge in [0, 0.05) is 30.9 Å². The molecule has 1 saturated carbocycles. The van der Waals surface area contributed by atoms with E-state index in [-0.39, 0.29) is 19.0 Å². The molecule has 7 nitrogen and oxygen atoms in total. The summed E-state index contributed by atoms with van der Waals surface area (Å²) in [7, 11) is 1.58. The van der Waals surface area contributed by atoms with Gasteiger partial charge in [0.2, 0.25) is 6.10 Å². The Morgan fingerprint density at radius 3 is 2.66 bits per heavy atom. The number of fused-ring (bicyclic) bond motifs is 2. The molecule has 2 atom stereocenters. The molecule has 4 rings (SSSR count). The highest BCUT2D eigenvalue weighted by Gasteiger charge is 2.56. The second kappa shape index (κ2) is 9.27. The Bertz CT molecular complexity index is 934. The zero-order valence-electron chi connectivity index (χ0n) is 19.0. The van der Waals surface area contributed by atoms with E-state index < -0.39 is 17.5 Å². The summed E-state index contributed by atoms with van der Waals surface area (Å²) < 4.78 is 22.3. The van der Waals surface area contributed by atoms with Crippen LogP contribution in [0, 0.1) is 5.92 Å². The van der Waals surface area contributed by atoms with Gasteiger partial charge in [0.1, 0.15) is 0 Å². The highest BCUT2D eigenvalue weighted by molar-refractivity contribution is 5.83. The van der Waals surface area contributed by atoms with Crippen LogP contribution in [0.3, 0.4) is 0 Å². The molecule has 0 radical (unpaired) electrons. The number of carbonyl (C=O) groups excluding carboxylic acids is 2. The van der Waals surface area contributed by atoms with Crippen molar-refractivity contribution in [3.63, 3.8) is 0 Å².